The van der Waals surface area contributed by atoms with Crippen LogP contribution in [-0.2, 0) is 16.4 Å². The first-order chi connectivity index (χ1) is 10.8. The van der Waals surface area contributed by atoms with Crippen molar-refractivity contribution in [1.82, 2.24) is 4.98 Å². The minimum Gasteiger partial charge on any atom is -0.490 e. The number of sulfonamides is 1. The van der Waals surface area contributed by atoms with Crippen LogP contribution in [0.2, 0.25) is 0 Å². The highest BCUT2D eigenvalue weighted by Gasteiger charge is 2.23. The van der Waals surface area contributed by atoms with Crippen molar-refractivity contribution in [1.29, 1.82) is 0 Å². The zero-order chi connectivity index (χ0) is 16.6. The Kier molecular flexibility index (Phi) is 3.89. The zero-order valence-corrected chi connectivity index (χ0v) is 14.1. The molecule has 7 heteroatoms. The van der Waals surface area contributed by atoms with Gasteiger partial charge in [0.05, 0.1) is 16.8 Å². The van der Waals surface area contributed by atoms with Gasteiger partial charge < -0.3 is 9.64 Å². The van der Waals surface area contributed by atoms with E-state index in [1.54, 1.807) is 30.5 Å². The average Bonchev–Trinajstić information content (AvgIpc) is 2.86. The third kappa shape index (κ3) is 3.24. The lowest BCUT2D eigenvalue weighted by atomic mass is 10.1. The summed E-state index contributed by atoms with van der Waals surface area (Å²) >= 11 is 0. The molecule has 1 atom stereocenters. The van der Waals surface area contributed by atoms with E-state index < -0.39 is 10.0 Å². The minimum absolute atomic E-state index is 0.0798. The Morgan fingerprint density at radius 1 is 1.26 bits per heavy atom. The molecule has 1 aliphatic rings. The van der Waals surface area contributed by atoms with Crippen molar-refractivity contribution in [2.75, 3.05) is 23.7 Å². The summed E-state index contributed by atoms with van der Waals surface area (Å²) < 4.78 is 33.1. The quantitative estimate of drug-likeness (QED) is 0.929. The van der Waals surface area contributed by atoms with E-state index in [1.165, 1.54) is 0 Å². The highest BCUT2D eigenvalue weighted by molar-refractivity contribution is 7.92. The molecule has 1 aromatic heterocycles. The van der Waals surface area contributed by atoms with Crippen molar-refractivity contribution < 1.29 is 13.2 Å². The van der Waals surface area contributed by atoms with Crippen LogP contribution in [-0.4, -0.2) is 33.6 Å². The van der Waals surface area contributed by atoms with Crippen LogP contribution < -0.4 is 14.4 Å². The molecule has 0 spiro atoms. The molecule has 1 aromatic carbocycles. The maximum absolute atomic E-state index is 12.5. The molecule has 0 fully saturated rings. The van der Waals surface area contributed by atoms with Crippen molar-refractivity contribution >= 4 is 21.5 Å². The smallest absolute Gasteiger partial charge is 0.263 e. The van der Waals surface area contributed by atoms with E-state index in [2.05, 4.69) is 9.71 Å². The van der Waals surface area contributed by atoms with Crippen LogP contribution in [0.25, 0.3) is 0 Å². The maximum atomic E-state index is 12.5. The van der Waals surface area contributed by atoms with E-state index in [-0.39, 0.29) is 11.0 Å². The molecule has 0 radical (unpaired) electrons. The highest BCUT2D eigenvalue weighted by Crippen LogP contribution is 2.31. The second kappa shape index (κ2) is 5.73. The normalized spacial score (nSPS) is 16.6. The highest BCUT2D eigenvalue weighted by atomic mass is 32.2. The fraction of sp³-hybridized carbons (Fsp3) is 0.312. The summed E-state index contributed by atoms with van der Waals surface area (Å²) in [7, 11) is 0.127. The molecule has 1 unspecified atom stereocenters. The second-order valence-electron chi connectivity index (χ2n) is 5.80. The fourth-order valence-corrected chi connectivity index (χ4v) is 3.53. The number of anilines is 2. The molecule has 0 bridgehead atoms. The number of rotatable bonds is 4. The average molecular weight is 333 g/mol. The van der Waals surface area contributed by atoms with Gasteiger partial charge in [0.15, 0.2) is 0 Å². The summed E-state index contributed by atoms with van der Waals surface area (Å²) in [5.41, 5.74) is 1.81. The van der Waals surface area contributed by atoms with Crippen molar-refractivity contribution in [2.45, 2.75) is 24.3 Å². The van der Waals surface area contributed by atoms with E-state index >= 15 is 0 Å². The molecule has 1 aliphatic heterocycles. The van der Waals surface area contributed by atoms with Crippen LogP contribution in [0.5, 0.6) is 5.75 Å². The van der Waals surface area contributed by atoms with Gasteiger partial charge in [0.1, 0.15) is 17.7 Å². The Bertz CT molecular complexity index is 817. The van der Waals surface area contributed by atoms with E-state index in [1.807, 2.05) is 32.0 Å². The van der Waals surface area contributed by atoms with Crippen LogP contribution in [0.3, 0.4) is 0 Å². The zero-order valence-electron chi connectivity index (χ0n) is 13.3. The molecule has 3 rings (SSSR count). The van der Waals surface area contributed by atoms with Crippen molar-refractivity contribution in [3.63, 3.8) is 0 Å². The first-order valence-electron chi connectivity index (χ1n) is 7.31. The van der Waals surface area contributed by atoms with Gasteiger partial charge in [0.25, 0.3) is 10.0 Å². The number of benzene rings is 1. The van der Waals surface area contributed by atoms with Crippen LogP contribution in [0, 0.1) is 0 Å². The fourth-order valence-electron chi connectivity index (χ4n) is 2.47. The number of hydrogen-bond acceptors (Lipinski definition) is 5. The molecule has 23 heavy (non-hydrogen) atoms. The summed E-state index contributed by atoms with van der Waals surface area (Å²) in [5.74, 6) is 1.05. The molecule has 1 N–H and O–H groups in total. The van der Waals surface area contributed by atoms with Crippen LogP contribution in [0.4, 0.5) is 11.5 Å². The number of hydrogen-bond donors (Lipinski definition) is 1. The van der Waals surface area contributed by atoms with E-state index in [9.17, 15) is 8.42 Å². The van der Waals surface area contributed by atoms with E-state index in [0.717, 1.165) is 17.0 Å². The Hall–Kier alpha value is -2.28. The lowest BCUT2D eigenvalue weighted by Gasteiger charge is -2.13. The van der Waals surface area contributed by atoms with Crippen LogP contribution >= 0.6 is 0 Å². The summed E-state index contributed by atoms with van der Waals surface area (Å²) in [6.45, 7) is 1.96. The number of nitrogens with one attached hydrogen (secondary N) is 1. The molecular formula is C16H19N3O3S. The van der Waals surface area contributed by atoms with E-state index in [0.29, 0.717) is 12.2 Å². The van der Waals surface area contributed by atoms with Gasteiger partial charge >= 0.3 is 0 Å². The van der Waals surface area contributed by atoms with Crippen LogP contribution in [0.15, 0.2) is 41.4 Å². The van der Waals surface area contributed by atoms with Gasteiger partial charge in [-0.05, 0) is 42.8 Å². The topological polar surface area (TPSA) is 71.5 Å². The Labute approximate surface area is 136 Å². The van der Waals surface area contributed by atoms with Gasteiger partial charge in [-0.2, -0.15) is 0 Å². The molecule has 0 saturated heterocycles. The number of pyridine rings is 1. The largest absolute Gasteiger partial charge is 0.490 e. The predicted molar refractivity (Wildman–Crippen MR) is 89.6 cm³/mol. The van der Waals surface area contributed by atoms with Gasteiger partial charge in [-0.3, -0.25) is 4.72 Å². The van der Waals surface area contributed by atoms with Gasteiger partial charge in [-0.1, -0.05) is 0 Å². The van der Waals surface area contributed by atoms with Crippen molar-refractivity contribution in [3.05, 3.63) is 42.1 Å². The Morgan fingerprint density at radius 2 is 2.04 bits per heavy atom. The third-order valence-corrected chi connectivity index (χ3v) is 5.03. The molecule has 122 valence electrons. The second-order valence-corrected chi connectivity index (χ2v) is 7.49. The molecular weight excluding hydrogens is 314 g/mol. The van der Waals surface area contributed by atoms with E-state index in [4.69, 9.17) is 4.74 Å². The minimum atomic E-state index is -3.67. The standard InChI is InChI=1S/C16H19N3O3S/c1-11-8-12-9-14(5-6-15(12)22-11)23(20,21)18-16-7-4-13(10-17-16)19(2)3/h4-7,9-11H,8H2,1-3H3,(H,17,18). The summed E-state index contributed by atoms with van der Waals surface area (Å²) in [4.78, 5) is 6.25. The SMILES string of the molecule is CC1Cc2cc(S(=O)(=O)Nc3ccc(N(C)C)cn3)ccc2O1. The Morgan fingerprint density at radius 3 is 2.70 bits per heavy atom. The molecule has 0 saturated carbocycles. The molecule has 0 amide bonds. The Balaban J connectivity index is 1.83. The lowest BCUT2D eigenvalue weighted by Crippen LogP contribution is -2.15. The van der Waals surface area contributed by atoms with Crippen molar-refractivity contribution in [3.8, 4) is 5.75 Å². The van der Waals surface area contributed by atoms with Gasteiger partial charge in [0.2, 0.25) is 0 Å². The van der Waals surface area contributed by atoms with Gasteiger partial charge in [0, 0.05) is 20.5 Å². The summed E-state index contributed by atoms with van der Waals surface area (Å²) in [6.07, 6.45) is 2.42. The molecule has 6 nitrogen and oxygen atoms in total. The number of nitrogens with zero attached hydrogens (tertiary/aromatic N) is 2. The third-order valence-electron chi connectivity index (χ3n) is 3.68. The molecule has 2 heterocycles. The number of ether oxygens (including phenoxy) is 1. The lowest BCUT2D eigenvalue weighted by molar-refractivity contribution is 0.254. The number of aromatic nitrogens is 1. The summed E-state index contributed by atoms with van der Waals surface area (Å²) in [5, 5.41) is 0. The van der Waals surface area contributed by atoms with Gasteiger partial charge in [-0.15, -0.1) is 0 Å². The maximum Gasteiger partial charge on any atom is 0.263 e. The van der Waals surface area contributed by atoms with Crippen molar-refractivity contribution in [2.24, 2.45) is 0 Å². The molecule has 0 aliphatic carbocycles. The molecule has 2 aromatic rings. The summed E-state index contributed by atoms with van der Waals surface area (Å²) in [6, 6.07) is 8.37. The first-order valence-corrected chi connectivity index (χ1v) is 8.79. The monoisotopic (exact) mass is 333 g/mol. The van der Waals surface area contributed by atoms with Gasteiger partial charge in [-0.25, -0.2) is 13.4 Å². The van der Waals surface area contributed by atoms with Crippen LogP contribution in [0.1, 0.15) is 12.5 Å². The first kappa shape index (κ1) is 15.6. The predicted octanol–water partition coefficient (Wildman–Crippen LogP) is 2.27. The number of fused-ring (bicyclic) bond motifs is 1.